The molecule has 3 heteroatoms. The zero-order valence-electron chi connectivity index (χ0n) is 9.96. The van der Waals surface area contributed by atoms with Gasteiger partial charge in [-0.2, -0.15) is 0 Å². The maximum Gasteiger partial charge on any atom is 0.341 e. The van der Waals surface area contributed by atoms with Crippen LogP contribution in [0.5, 0.6) is 0 Å². The average molecular weight is 224 g/mol. The van der Waals surface area contributed by atoms with Gasteiger partial charge in [0.05, 0.1) is 0 Å². The molecule has 0 radical (unpaired) electrons. The predicted molar refractivity (Wildman–Crippen MR) is 59.0 cm³/mol. The summed E-state index contributed by atoms with van der Waals surface area (Å²) in [4.78, 5) is 12.2. The molecule has 0 spiro atoms. The normalized spacial score (nSPS) is 42.1. The molecule has 2 atom stereocenters. The van der Waals surface area contributed by atoms with Crippen molar-refractivity contribution in [2.75, 3.05) is 0 Å². The van der Waals surface area contributed by atoms with Crippen LogP contribution in [0.3, 0.4) is 0 Å². The molecule has 16 heavy (non-hydrogen) atoms. The molecule has 0 aromatic heterocycles. The first kappa shape index (κ1) is 10.6. The zero-order valence-corrected chi connectivity index (χ0v) is 9.96. The SMILES string of the molecule is CCC12CCCC1(C(=O)OC1CCCC1)O2. The lowest BCUT2D eigenvalue weighted by Crippen LogP contribution is -2.33. The summed E-state index contributed by atoms with van der Waals surface area (Å²) in [7, 11) is 0. The van der Waals surface area contributed by atoms with E-state index in [2.05, 4.69) is 6.92 Å². The quantitative estimate of drug-likeness (QED) is 0.546. The van der Waals surface area contributed by atoms with Gasteiger partial charge in [-0.05, 0) is 51.4 Å². The van der Waals surface area contributed by atoms with E-state index in [4.69, 9.17) is 9.47 Å². The first-order chi connectivity index (χ1) is 7.72. The summed E-state index contributed by atoms with van der Waals surface area (Å²) in [5.41, 5.74) is -0.687. The molecule has 1 heterocycles. The lowest BCUT2D eigenvalue weighted by Gasteiger charge is -2.15. The molecule has 3 fully saturated rings. The Kier molecular flexibility index (Phi) is 2.29. The van der Waals surface area contributed by atoms with Gasteiger partial charge in [0.25, 0.3) is 0 Å². The highest BCUT2D eigenvalue weighted by atomic mass is 16.7. The molecule has 3 nitrogen and oxygen atoms in total. The third-order valence-corrected chi connectivity index (χ3v) is 4.65. The van der Waals surface area contributed by atoms with Gasteiger partial charge < -0.3 is 9.47 Å². The van der Waals surface area contributed by atoms with Crippen molar-refractivity contribution < 1.29 is 14.3 Å². The summed E-state index contributed by atoms with van der Waals surface area (Å²) in [6, 6.07) is 0. The Bertz CT molecular complexity index is 308. The van der Waals surface area contributed by atoms with Crippen molar-refractivity contribution in [3.63, 3.8) is 0 Å². The fraction of sp³-hybridized carbons (Fsp3) is 0.923. The van der Waals surface area contributed by atoms with E-state index in [1.54, 1.807) is 0 Å². The Labute approximate surface area is 96.5 Å². The van der Waals surface area contributed by atoms with Crippen molar-refractivity contribution in [2.45, 2.75) is 75.6 Å². The summed E-state index contributed by atoms with van der Waals surface area (Å²) in [5, 5.41) is 0. The number of esters is 1. The van der Waals surface area contributed by atoms with Crippen LogP contribution in [0.2, 0.25) is 0 Å². The van der Waals surface area contributed by atoms with Crippen molar-refractivity contribution >= 4 is 5.97 Å². The smallest absolute Gasteiger partial charge is 0.341 e. The highest BCUT2D eigenvalue weighted by Crippen LogP contribution is 2.62. The molecule has 0 amide bonds. The van der Waals surface area contributed by atoms with E-state index >= 15 is 0 Å². The maximum atomic E-state index is 12.2. The molecule has 2 unspecified atom stereocenters. The molecule has 0 bridgehead atoms. The van der Waals surface area contributed by atoms with Gasteiger partial charge >= 0.3 is 5.97 Å². The van der Waals surface area contributed by atoms with Crippen LogP contribution in [0.25, 0.3) is 0 Å². The van der Waals surface area contributed by atoms with Crippen LogP contribution < -0.4 is 0 Å². The highest BCUT2D eigenvalue weighted by Gasteiger charge is 2.76. The molecule has 0 aromatic rings. The lowest BCUT2D eigenvalue weighted by molar-refractivity contribution is -0.155. The fourth-order valence-electron chi connectivity index (χ4n) is 3.58. The Balaban J connectivity index is 1.67. The first-order valence-corrected chi connectivity index (χ1v) is 6.64. The molecule has 90 valence electrons. The van der Waals surface area contributed by atoms with Crippen molar-refractivity contribution in [3.8, 4) is 0 Å². The van der Waals surface area contributed by atoms with Gasteiger partial charge in [-0.3, -0.25) is 0 Å². The highest BCUT2D eigenvalue weighted by molar-refractivity contribution is 5.85. The van der Waals surface area contributed by atoms with Crippen molar-refractivity contribution in [1.82, 2.24) is 0 Å². The second-order valence-electron chi connectivity index (χ2n) is 5.44. The Hall–Kier alpha value is -0.570. The third kappa shape index (κ3) is 1.27. The molecular weight excluding hydrogens is 204 g/mol. The fourth-order valence-corrected chi connectivity index (χ4v) is 3.58. The van der Waals surface area contributed by atoms with E-state index in [0.717, 1.165) is 38.5 Å². The predicted octanol–water partition coefficient (Wildman–Crippen LogP) is 2.57. The average Bonchev–Trinajstić information content (AvgIpc) is 2.70. The number of fused-ring (bicyclic) bond motifs is 1. The lowest BCUT2D eigenvalue weighted by atomic mass is 9.94. The summed E-state index contributed by atoms with van der Waals surface area (Å²) >= 11 is 0. The molecule has 1 aliphatic heterocycles. The number of hydrogen-bond acceptors (Lipinski definition) is 3. The van der Waals surface area contributed by atoms with Gasteiger partial charge in [-0.15, -0.1) is 0 Å². The second-order valence-corrected chi connectivity index (χ2v) is 5.44. The van der Waals surface area contributed by atoms with Gasteiger partial charge in [-0.25, -0.2) is 4.79 Å². The van der Waals surface area contributed by atoms with Gasteiger partial charge in [0.15, 0.2) is 5.60 Å². The molecule has 3 rings (SSSR count). The monoisotopic (exact) mass is 224 g/mol. The summed E-state index contributed by atoms with van der Waals surface area (Å²) in [6.07, 6.45) is 8.59. The topological polar surface area (TPSA) is 38.8 Å². The standard InChI is InChI=1S/C13H20O3/c1-2-12-8-5-9-13(12,16-12)11(14)15-10-6-3-4-7-10/h10H,2-9H2,1H3. The number of rotatable bonds is 3. The summed E-state index contributed by atoms with van der Waals surface area (Å²) < 4.78 is 11.4. The zero-order chi connectivity index (χ0) is 11.2. The van der Waals surface area contributed by atoms with Gasteiger partial charge in [-0.1, -0.05) is 6.92 Å². The number of ether oxygens (including phenoxy) is 2. The Morgan fingerprint density at radius 1 is 1.31 bits per heavy atom. The molecule has 1 saturated heterocycles. The van der Waals surface area contributed by atoms with Crippen molar-refractivity contribution in [1.29, 1.82) is 0 Å². The minimum Gasteiger partial charge on any atom is -0.460 e. The van der Waals surface area contributed by atoms with Crippen LogP contribution in [-0.2, 0) is 14.3 Å². The molecule has 0 N–H and O–H groups in total. The van der Waals surface area contributed by atoms with Gasteiger partial charge in [0.1, 0.15) is 11.7 Å². The largest absolute Gasteiger partial charge is 0.460 e. The number of epoxide rings is 1. The van der Waals surface area contributed by atoms with Crippen molar-refractivity contribution in [3.05, 3.63) is 0 Å². The maximum absolute atomic E-state index is 12.2. The van der Waals surface area contributed by atoms with Gasteiger partial charge in [0, 0.05) is 0 Å². The van der Waals surface area contributed by atoms with E-state index in [0.29, 0.717) is 0 Å². The Morgan fingerprint density at radius 3 is 2.69 bits per heavy atom. The van der Waals surface area contributed by atoms with E-state index in [1.807, 2.05) is 0 Å². The molecular formula is C13H20O3. The summed E-state index contributed by atoms with van der Waals surface area (Å²) in [5.74, 6) is -0.0706. The van der Waals surface area contributed by atoms with E-state index in [-0.39, 0.29) is 17.7 Å². The van der Waals surface area contributed by atoms with Crippen LogP contribution in [0.4, 0.5) is 0 Å². The van der Waals surface area contributed by atoms with Crippen LogP contribution in [-0.4, -0.2) is 23.3 Å². The number of hydrogen-bond donors (Lipinski definition) is 0. The molecule has 3 aliphatic rings. The van der Waals surface area contributed by atoms with E-state index < -0.39 is 5.60 Å². The van der Waals surface area contributed by atoms with Crippen LogP contribution in [0.15, 0.2) is 0 Å². The van der Waals surface area contributed by atoms with Crippen LogP contribution in [0.1, 0.15) is 58.3 Å². The summed E-state index contributed by atoms with van der Waals surface area (Å²) in [6.45, 7) is 2.11. The number of carbonyl (C=O) groups is 1. The number of carbonyl (C=O) groups excluding carboxylic acids is 1. The van der Waals surface area contributed by atoms with Crippen molar-refractivity contribution in [2.24, 2.45) is 0 Å². The van der Waals surface area contributed by atoms with Crippen LogP contribution >= 0.6 is 0 Å². The Morgan fingerprint density at radius 2 is 2.06 bits per heavy atom. The molecule has 0 aromatic carbocycles. The van der Waals surface area contributed by atoms with Gasteiger partial charge in [0.2, 0.25) is 0 Å². The third-order valence-electron chi connectivity index (χ3n) is 4.65. The molecule has 2 saturated carbocycles. The second kappa shape index (κ2) is 3.46. The van der Waals surface area contributed by atoms with Crippen LogP contribution in [0, 0.1) is 0 Å². The molecule has 2 aliphatic carbocycles. The van der Waals surface area contributed by atoms with E-state index in [9.17, 15) is 4.79 Å². The minimum absolute atomic E-state index is 0.0706. The van der Waals surface area contributed by atoms with E-state index in [1.165, 1.54) is 12.8 Å². The first-order valence-electron chi connectivity index (χ1n) is 6.64. The minimum atomic E-state index is -0.537.